The number of carbonyl (C=O) groups is 1. The maximum atomic E-state index is 12.8. The molecule has 0 aromatic heterocycles. The smallest absolute Gasteiger partial charge is 0.437 e. The van der Waals surface area contributed by atoms with E-state index in [1.807, 2.05) is 0 Å². The molecule has 2 rings (SSSR count). The van der Waals surface area contributed by atoms with Gasteiger partial charge in [0.05, 0.1) is 23.4 Å². The van der Waals surface area contributed by atoms with Gasteiger partial charge in [-0.2, -0.15) is 0 Å². The number of halogens is 3. The van der Waals surface area contributed by atoms with Crippen molar-refractivity contribution in [3.8, 4) is 5.75 Å². The second kappa shape index (κ2) is 10.5. The molecule has 0 saturated heterocycles. The predicted molar refractivity (Wildman–Crippen MR) is 97.6 cm³/mol. The number of nitrogens with one attached hydrogen (secondary N) is 1. The molecule has 1 unspecified atom stereocenters. The van der Waals surface area contributed by atoms with Crippen LogP contribution in [-0.2, 0) is 9.47 Å². The molecule has 0 spiro atoms. The highest BCUT2D eigenvalue weighted by atomic mass is 19.4. The number of allylic oxidation sites excluding steroid dienone is 2. The number of methoxy groups -OCH3 is 1. The molecule has 1 aromatic rings. The van der Waals surface area contributed by atoms with Crippen LogP contribution in [0, 0.1) is 10.1 Å². The van der Waals surface area contributed by atoms with Crippen LogP contribution in [0.2, 0.25) is 0 Å². The summed E-state index contributed by atoms with van der Waals surface area (Å²) in [6.07, 6.45) is -6.19. The Kier molecular flexibility index (Phi) is 8.65. The minimum Gasteiger partial charge on any atom is -0.437 e. The van der Waals surface area contributed by atoms with Crippen LogP contribution in [0.5, 0.6) is 5.75 Å². The lowest BCUT2D eigenvalue weighted by atomic mass is 9.89. The topological polar surface area (TPSA) is 120 Å². The highest BCUT2D eigenvalue weighted by Gasteiger charge is 2.42. The molecule has 2 N–H and O–H groups in total. The summed E-state index contributed by atoms with van der Waals surface area (Å²) >= 11 is 0. The fourth-order valence-electron chi connectivity index (χ4n) is 2.70. The molecule has 12 heteroatoms. The minimum absolute atomic E-state index is 0.0847. The molecule has 30 heavy (non-hydrogen) atoms. The molecule has 0 radical (unpaired) electrons. The molecule has 0 saturated carbocycles. The molecule has 0 aliphatic carbocycles. The van der Waals surface area contributed by atoms with E-state index in [-0.39, 0.29) is 29.3 Å². The number of para-hydroxylation sites is 1. The number of ether oxygens (including phenoxy) is 3. The molecule has 0 fully saturated rings. The number of dihydropyridines is 1. The molecule has 0 amide bonds. The van der Waals surface area contributed by atoms with E-state index in [0.717, 1.165) is 13.2 Å². The maximum absolute atomic E-state index is 12.8. The van der Waals surface area contributed by atoms with Crippen molar-refractivity contribution in [2.24, 2.45) is 0 Å². The number of alkyl halides is 3. The van der Waals surface area contributed by atoms with E-state index >= 15 is 0 Å². The first kappa shape index (κ1) is 24.8. The lowest BCUT2D eigenvalue weighted by molar-refractivity contribution is -0.431. The number of benzene rings is 1. The zero-order valence-electron chi connectivity index (χ0n) is 16.6. The van der Waals surface area contributed by atoms with Gasteiger partial charge in [-0.05, 0) is 26.8 Å². The van der Waals surface area contributed by atoms with Crippen LogP contribution in [0.15, 0.2) is 47.1 Å². The van der Waals surface area contributed by atoms with Crippen LogP contribution in [0.1, 0.15) is 32.3 Å². The van der Waals surface area contributed by atoms with Crippen molar-refractivity contribution in [1.82, 2.24) is 5.32 Å². The lowest BCUT2D eigenvalue weighted by Crippen LogP contribution is -2.30. The molecule has 1 atom stereocenters. The molecule has 9 nitrogen and oxygen atoms in total. The quantitative estimate of drug-likeness (QED) is 0.417. The summed E-state index contributed by atoms with van der Waals surface area (Å²) < 4.78 is 51.7. The van der Waals surface area contributed by atoms with E-state index in [9.17, 15) is 28.1 Å². The third-order valence-electron chi connectivity index (χ3n) is 3.68. The van der Waals surface area contributed by atoms with Gasteiger partial charge in [-0.15, -0.1) is 13.2 Å². The molecule has 166 valence electrons. The van der Waals surface area contributed by atoms with Crippen LogP contribution in [0.3, 0.4) is 0 Å². The van der Waals surface area contributed by atoms with Gasteiger partial charge in [0.1, 0.15) is 17.4 Å². The van der Waals surface area contributed by atoms with Gasteiger partial charge in [0.15, 0.2) is 0 Å². The normalized spacial score (nSPS) is 16.2. The predicted octanol–water partition coefficient (Wildman–Crippen LogP) is 3.79. The van der Waals surface area contributed by atoms with E-state index in [1.54, 1.807) is 6.92 Å². The Morgan fingerprint density at radius 2 is 1.83 bits per heavy atom. The fourth-order valence-corrected chi connectivity index (χ4v) is 2.70. The highest BCUT2D eigenvalue weighted by Crippen LogP contribution is 2.43. The van der Waals surface area contributed by atoms with Crippen molar-refractivity contribution in [3.63, 3.8) is 0 Å². The van der Waals surface area contributed by atoms with E-state index in [0.29, 0.717) is 0 Å². The van der Waals surface area contributed by atoms with Gasteiger partial charge in [-0.1, -0.05) is 18.2 Å². The number of carbonyl (C=O) groups excluding carboxylic acids is 1. The number of rotatable bonds is 4. The number of nitro groups is 1. The summed E-state index contributed by atoms with van der Waals surface area (Å²) in [4.78, 5) is 22.4. The summed E-state index contributed by atoms with van der Waals surface area (Å²) in [6.45, 7) is 4.77. The fraction of sp³-hybridized carbons (Fsp3) is 0.389. The third kappa shape index (κ3) is 6.37. The molecule has 1 heterocycles. The van der Waals surface area contributed by atoms with Crippen LogP contribution in [0.25, 0.3) is 0 Å². The summed E-state index contributed by atoms with van der Waals surface area (Å²) in [6, 6.07) is 4.91. The number of nitrogens with zero attached hydrogens (tertiary/aromatic N) is 1. The Bertz CT molecular complexity index is 850. The van der Waals surface area contributed by atoms with Crippen LogP contribution in [0.4, 0.5) is 18.0 Å². The second-order valence-electron chi connectivity index (χ2n) is 5.77. The Morgan fingerprint density at radius 1 is 1.27 bits per heavy atom. The van der Waals surface area contributed by atoms with Gasteiger partial charge >= 0.3 is 12.5 Å². The molecular formula is C18H21F3N2O7. The van der Waals surface area contributed by atoms with E-state index in [2.05, 4.69) is 14.8 Å². The van der Waals surface area contributed by atoms with Crippen molar-refractivity contribution >= 4 is 6.16 Å². The minimum atomic E-state index is -5.02. The van der Waals surface area contributed by atoms with Gasteiger partial charge in [0.2, 0.25) is 0 Å². The number of aliphatic hydroxyl groups is 1. The first-order valence-corrected chi connectivity index (χ1v) is 8.51. The number of hydrogen-bond acceptors (Lipinski definition) is 8. The average molecular weight is 434 g/mol. The van der Waals surface area contributed by atoms with Gasteiger partial charge in [0.25, 0.3) is 5.70 Å². The zero-order chi connectivity index (χ0) is 23.1. The summed E-state index contributed by atoms with van der Waals surface area (Å²) in [7, 11) is 1.03. The summed E-state index contributed by atoms with van der Waals surface area (Å²) in [5, 5.41) is 21.9. The monoisotopic (exact) mass is 434 g/mol. The third-order valence-corrected chi connectivity index (χ3v) is 3.68. The first-order valence-electron chi connectivity index (χ1n) is 8.51. The van der Waals surface area contributed by atoms with Crippen molar-refractivity contribution in [2.45, 2.75) is 33.1 Å². The number of hydrogen-bond donors (Lipinski definition) is 2. The van der Waals surface area contributed by atoms with Crippen molar-refractivity contribution in [2.75, 3.05) is 13.7 Å². The highest BCUT2D eigenvalue weighted by molar-refractivity contribution is 5.63. The van der Waals surface area contributed by atoms with Crippen LogP contribution in [-0.4, -0.2) is 36.3 Å². The average Bonchev–Trinajstić information content (AvgIpc) is 2.63. The Balaban J connectivity index is 0.00000141. The van der Waals surface area contributed by atoms with Gasteiger partial charge in [0, 0.05) is 12.2 Å². The van der Waals surface area contributed by atoms with E-state index in [1.165, 1.54) is 32.0 Å². The Morgan fingerprint density at radius 3 is 2.33 bits per heavy atom. The summed E-state index contributed by atoms with van der Waals surface area (Å²) in [5.41, 5.74) is -0.393. The van der Waals surface area contributed by atoms with E-state index in [4.69, 9.17) is 9.84 Å². The molecular weight excluding hydrogens is 413 g/mol. The maximum Gasteiger partial charge on any atom is 0.573 e. The molecule has 1 aromatic carbocycles. The van der Waals surface area contributed by atoms with Gasteiger partial charge in [-0.3, -0.25) is 10.1 Å². The Hall–Kier alpha value is -3.28. The number of aliphatic hydroxyl groups excluding tert-OH is 1. The Labute approximate surface area is 169 Å². The van der Waals surface area contributed by atoms with Gasteiger partial charge in [-0.25, -0.2) is 4.79 Å². The van der Waals surface area contributed by atoms with Crippen molar-refractivity contribution in [3.05, 3.63) is 62.8 Å². The SMILES string of the molecule is CCO.COC(=O)OC1=C(C)NC(C)=C([N+](=O)[O-])C1c1ccccc1OC(F)(F)F. The largest absolute Gasteiger partial charge is 0.573 e. The van der Waals surface area contributed by atoms with Crippen molar-refractivity contribution in [1.29, 1.82) is 0 Å². The van der Waals surface area contributed by atoms with Crippen LogP contribution < -0.4 is 10.1 Å². The second-order valence-corrected chi connectivity index (χ2v) is 5.77. The zero-order valence-corrected chi connectivity index (χ0v) is 16.6. The van der Waals surface area contributed by atoms with E-state index < -0.39 is 34.8 Å². The molecule has 0 bridgehead atoms. The van der Waals surface area contributed by atoms with Gasteiger partial charge < -0.3 is 24.6 Å². The van der Waals surface area contributed by atoms with Crippen LogP contribution >= 0.6 is 0 Å². The first-order chi connectivity index (χ1) is 14.0. The van der Waals surface area contributed by atoms with Crippen molar-refractivity contribution < 1.29 is 42.2 Å². The molecule has 1 aliphatic heterocycles. The standard InChI is InChI=1S/C16H15F3N2O6.C2H6O/c1-8-13(21(23)24)12(14(9(2)20-8)26-15(22)25-3)10-6-4-5-7-11(10)27-16(17,18)19;1-2-3/h4-7,12,20H,1-3H3;3H,2H2,1H3. The summed E-state index contributed by atoms with van der Waals surface area (Å²) in [5.74, 6) is -2.35. The lowest BCUT2D eigenvalue weighted by Gasteiger charge is -2.27. The molecule has 1 aliphatic rings.